The van der Waals surface area contributed by atoms with Gasteiger partial charge < -0.3 is 5.32 Å². The molecule has 0 aromatic heterocycles. The zero-order valence-corrected chi connectivity index (χ0v) is 11.6. The molecule has 0 heterocycles. The Bertz CT molecular complexity index is 393. The smallest absolute Gasteiger partial charge is 0.0325 e. The Hall–Kier alpha value is -0.820. The molecule has 1 unspecified atom stereocenters. The van der Waals surface area contributed by atoms with Gasteiger partial charge in [-0.25, -0.2) is 0 Å². The van der Waals surface area contributed by atoms with Gasteiger partial charge in [0.1, 0.15) is 0 Å². The Morgan fingerprint density at radius 2 is 2.12 bits per heavy atom. The summed E-state index contributed by atoms with van der Waals surface area (Å²) in [4.78, 5) is 0. The lowest BCUT2D eigenvalue weighted by atomic mass is 9.83. The first-order valence-electron chi connectivity index (χ1n) is 6.84. The minimum atomic E-state index is 0.444. The molecule has 1 aliphatic carbocycles. The highest BCUT2D eigenvalue weighted by Gasteiger charge is 2.28. The fourth-order valence-corrected chi connectivity index (χ4v) is 2.91. The summed E-state index contributed by atoms with van der Waals surface area (Å²) in [5.41, 5.74) is 4.99. The Balaban J connectivity index is 2.40. The van der Waals surface area contributed by atoms with Crippen LogP contribution in [-0.4, -0.2) is 7.05 Å². The van der Waals surface area contributed by atoms with Crippen LogP contribution in [0.3, 0.4) is 0 Å². The summed E-state index contributed by atoms with van der Waals surface area (Å²) in [6.45, 7) is 7.02. The summed E-state index contributed by atoms with van der Waals surface area (Å²) in [7, 11) is 2.09. The summed E-state index contributed by atoms with van der Waals surface area (Å²) >= 11 is 0. The van der Waals surface area contributed by atoms with Gasteiger partial charge in [0.25, 0.3) is 0 Å². The molecule has 1 aliphatic rings. The number of hydrogen-bond acceptors (Lipinski definition) is 1. The van der Waals surface area contributed by atoms with E-state index in [0.29, 0.717) is 11.5 Å². The van der Waals surface area contributed by atoms with Crippen LogP contribution in [0.25, 0.3) is 0 Å². The summed E-state index contributed by atoms with van der Waals surface area (Å²) < 4.78 is 0. The predicted molar refractivity (Wildman–Crippen MR) is 74.3 cm³/mol. The third kappa shape index (κ3) is 2.71. The molecule has 1 aromatic rings. The molecule has 1 N–H and O–H groups in total. The van der Waals surface area contributed by atoms with E-state index in [1.54, 1.807) is 5.56 Å². The van der Waals surface area contributed by atoms with Gasteiger partial charge in [0.05, 0.1) is 0 Å². The Morgan fingerprint density at radius 3 is 2.76 bits per heavy atom. The number of rotatable bonds is 2. The zero-order valence-electron chi connectivity index (χ0n) is 11.6. The van der Waals surface area contributed by atoms with Crippen LogP contribution in [0.1, 0.15) is 56.3 Å². The zero-order chi connectivity index (χ0) is 12.5. The first-order valence-corrected chi connectivity index (χ1v) is 6.84. The van der Waals surface area contributed by atoms with E-state index < -0.39 is 0 Å². The number of benzene rings is 1. The van der Waals surface area contributed by atoms with Crippen molar-refractivity contribution in [1.29, 1.82) is 0 Å². The molecular weight excluding hydrogens is 206 g/mol. The second-order valence-electron chi connectivity index (χ2n) is 6.10. The minimum absolute atomic E-state index is 0.444. The van der Waals surface area contributed by atoms with Crippen LogP contribution in [0.5, 0.6) is 0 Å². The first-order chi connectivity index (χ1) is 8.05. The van der Waals surface area contributed by atoms with Crippen molar-refractivity contribution in [2.45, 2.75) is 52.5 Å². The highest BCUT2D eigenvalue weighted by Crippen LogP contribution is 2.39. The van der Waals surface area contributed by atoms with Crippen molar-refractivity contribution in [3.8, 4) is 0 Å². The van der Waals surface area contributed by atoms with E-state index in [9.17, 15) is 0 Å². The van der Waals surface area contributed by atoms with E-state index in [4.69, 9.17) is 0 Å². The van der Waals surface area contributed by atoms with E-state index in [0.717, 1.165) is 6.42 Å². The molecule has 0 spiro atoms. The Morgan fingerprint density at radius 1 is 1.35 bits per heavy atom. The number of aryl methyl sites for hydroxylation is 2. The standard InChI is InChI=1S/C16H25N/c1-5-12-6-7-13-8-9-16(2,3)11-15(17-4)14(13)10-12/h6-7,10,15,17H,5,8-9,11H2,1-4H3. The quantitative estimate of drug-likeness (QED) is 0.762. The maximum Gasteiger partial charge on any atom is 0.0325 e. The Labute approximate surface area is 106 Å². The van der Waals surface area contributed by atoms with E-state index in [2.05, 4.69) is 51.3 Å². The van der Waals surface area contributed by atoms with E-state index in [-0.39, 0.29) is 0 Å². The lowest BCUT2D eigenvalue weighted by Gasteiger charge is -2.26. The van der Waals surface area contributed by atoms with Gasteiger partial charge in [0.2, 0.25) is 0 Å². The van der Waals surface area contributed by atoms with Crippen LogP contribution < -0.4 is 5.32 Å². The maximum atomic E-state index is 3.51. The van der Waals surface area contributed by atoms with Gasteiger partial charge in [0, 0.05) is 6.04 Å². The van der Waals surface area contributed by atoms with Crippen LogP contribution in [-0.2, 0) is 12.8 Å². The van der Waals surface area contributed by atoms with E-state index in [1.807, 2.05) is 0 Å². The summed E-state index contributed by atoms with van der Waals surface area (Å²) in [6.07, 6.45) is 4.89. The molecule has 0 fully saturated rings. The molecule has 1 atom stereocenters. The normalized spacial score (nSPS) is 22.9. The van der Waals surface area contributed by atoms with Gasteiger partial charge >= 0.3 is 0 Å². The lowest BCUT2D eigenvalue weighted by Crippen LogP contribution is -2.22. The monoisotopic (exact) mass is 231 g/mol. The van der Waals surface area contributed by atoms with Gasteiger partial charge in [0.15, 0.2) is 0 Å². The van der Waals surface area contributed by atoms with Crippen molar-refractivity contribution in [3.63, 3.8) is 0 Å². The van der Waals surface area contributed by atoms with Crippen molar-refractivity contribution in [1.82, 2.24) is 5.32 Å². The second-order valence-corrected chi connectivity index (χ2v) is 6.10. The molecule has 0 saturated heterocycles. The highest BCUT2D eigenvalue weighted by atomic mass is 14.9. The van der Waals surface area contributed by atoms with Crippen LogP contribution in [0.4, 0.5) is 0 Å². The molecule has 2 rings (SSSR count). The molecule has 1 heteroatoms. The molecule has 0 saturated carbocycles. The van der Waals surface area contributed by atoms with Crippen molar-refractivity contribution in [2.75, 3.05) is 7.05 Å². The molecule has 0 amide bonds. The summed E-state index contributed by atoms with van der Waals surface area (Å²) in [5.74, 6) is 0. The molecule has 1 nitrogen and oxygen atoms in total. The van der Waals surface area contributed by atoms with E-state index >= 15 is 0 Å². The average molecular weight is 231 g/mol. The van der Waals surface area contributed by atoms with E-state index in [1.165, 1.54) is 30.4 Å². The van der Waals surface area contributed by atoms with Gasteiger partial charge in [-0.15, -0.1) is 0 Å². The fourth-order valence-electron chi connectivity index (χ4n) is 2.91. The molecule has 0 bridgehead atoms. The van der Waals surface area contributed by atoms with Crippen LogP contribution in [0, 0.1) is 5.41 Å². The maximum absolute atomic E-state index is 3.51. The van der Waals surface area contributed by atoms with Gasteiger partial charge in [-0.3, -0.25) is 0 Å². The van der Waals surface area contributed by atoms with Crippen molar-refractivity contribution >= 4 is 0 Å². The van der Waals surface area contributed by atoms with Crippen molar-refractivity contribution < 1.29 is 0 Å². The van der Waals surface area contributed by atoms with Crippen LogP contribution >= 0.6 is 0 Å². The summed E-state index contributed by atoms with van der Waals surface area (Å²) in [5, 5.41) is 3.51. The summed E-state index contributed by atoms with van der Waals surface area (Å²) in [6, 6.07) is 7.58. The van der Waals surface area contributed by atoms with Gasteiger partial charge in [-0.2, -0.15) is 0 Å². The second kappa shape index (κ2) is 4.81. The molecule has 17 heavy (non-hydrogen) atoms. The highest BCUT2D eigenvalue weighted by molar-refractivity contribution is 5.36. The first kappa shape index (κ1) is 12.6. The van der Waals surface area contributed by atoms with Crippen LogP contribution in [0.15, 0.2) is 18.2 Å². The average Bonchev–Trinajstić information content (AvgIpc) is 2.45. The predicted octanol–water partition coefficient (Wildman–Crippen LogP) is 3.87. The minimum Gasteiger partial charge on any atom is -0.313 e. The molecule has 0 radical (unpaired) electrons. The molecular formula is C16H25N. The molecule has 1 aromatic carbocycles. The molecule has 94 valence electrons. The third-order valence-electron chi connectivity index (χ3n) is 4.17. The molecule has 0 aliphatic heterocycles. The number of fused-ring (bicyclic) bond motifs is 1. The lowest BCUT2D eigenvalue weighted by molar-refractivity contribution is 0.279. The number of hydrogen-bond donors (Lipinski definition) is 1. The van der Waals surface area contributed by atoms with Gasteiger partial charge in [-0.1, -0.05) is 39.0 Å². The van der Waals surface area contributed by atoms with Crippen molar-refractivity contribution in [2.24, 2.45) is 5.41 Å². The van der Waals surface area contributed by atoms with Crippen LogP contribution in [0.2, 0.25) is 0 Å². The third-order valence-corrected chi connectivity index (χ3v) is 4.17. The fraction of sp³-hybridized carbons (Fsp3) is 0.625. The van der Waals surface area contributed by atoms with Crippen molar-refractivity contribution in [3.05, 3.63) is 34.9 Å². The Kier molecular flexibility index (Phi) is 3.58. The van der Waals surface area contributed by atoms with Gasteiger partial charge in [-0.05, 0) is 54.8 Å². The number of nitrogens with one attached hydrogen (secondary N) is 1. The largest absolute Gasteiger partial charge is 0.313 e. The SMILES string of the molecule is CCc1ccc2c(c1)C(NC)CC(C)(C)CC2. The topological polar surface area (TPSA) is 12.0 Å².